The van der Waals surface area contributed by atoms with Crippen molar-refractivity contribution in [3.8, 4) is 11.5 Å². The van der Waals surface area contributed by atoms with Gasteiger partial charge < -0.3 is 20.1 Å². The van der Waals surface area contributed by atoms with Gasteiger partial charge in [-0.25, -0.2) is 9.98 Å². The zero-order chi connectivity index (χ0) is 22.0. The fourth-order valence-corrected chi connectivity index (χ4v) is 5.77. The van der Waals surface area contributed by atoms with Gasteiger partial charge in [-0.1, -0.05) is 32.0 Å². The molecule has 1 spiro atoms. The van der Waals surface area contributed by atoms with E-state index in [9.17, 15) is 4.79 Å². The number of hydrogen-bond donors (Lipinski definition) is 1. The number of benzene rings is 2. The molecule has 1 aromatic heterocycles. The predicted octanol–water partition coefficient (Wildman–Crippen LogP) is 4.22. The maximum Gasteiger partial charge on any atom is 0.243 e. The normalized spacial score (nSPS) is 20.7. The second-order valence-corrected chi connectivity index (χ2v) is 9.78. The second kappa shape index (κ2) is 6.80. The number of rotatable bonds is 3. The van der Waals surface area contributed by atoms with Gasteiger partial charge >= 0.3 is 0 Å². The number of carbonyl (C=O) groups is 1. The molecule has 0 bridgehead atoms. The molecule has 1 atom stereocenters. The maximum atomic E-state index is 14.2. The minimum absolute atomic E-state index is 0.00355. The molecule has 2 aromatic carbocycles. The number of para-hydroxylation sites is 1. The molecule has 1 amide bonds. The standard InChI is InChI=1S/C24H22N4O3S/c1-13(2)22-26-10-14(32-22)11-28-18-6-4-3-5-15(18)24(23(28)29)9-21(25)27-17-8-20-19(7-16(17)24)30-12-31-20/h3-8,10,13H,9,11-12H2,1-2H3,(H2,25,27). The van der Waals surface area contributed by atoms with Crippen molar-refractivity contribution in [3.05, 3.63) is 63.6 Å². The van der Waals surface area contributed by atoms with Crippen LogP contribution >= 0.6 is 11.3 Å². The molecule has 6 rings (SSSR count). The van der Waals surface area contributed by atoms with E-state index < -0.39 is 5.41 Å². The lowest BCUT2D eigenvalue weighted by molar-refractivity contribution is -0.121. The van der Waals surface area contributed by atoms with Gasteiger partial charge in [-0.3, -0.25) is 4.79 Å². The second-order valence-electron chi connectivity index (χ2n) is 8.64. The van der Waals surface area contributed by atoms with Gasteiger partial charge in [0.2, 0.25) is 12.7 Å². The highest BCUT2D eigenvalue weighted by Crippen LogP contribution is 2.55. The lowest BCUT2D eigenvalue weighted by atomic mass is 9.70. The monoisotopic (exact) mass is 446 g/mol. The van der Waals surface area contributed by atoms with Crippen molar-refractivity contribution >= 4 is 34.5 Å². The first-order valence-electron chi connectivity index (χ1n) is 10.6. The van der Waals surface area contributed by atoms with E-state index >= 15 is 0 Å². The van der Waals surface area contributed by atoms with Crippen molar-refractivity contribution in [1.29, 1.82) is 0 Å². The predicted molar refractivity (Wildman–Crippen MR) is 123 cm³/mol. The largest absolute Gasteiger partial charge is 0.454 e. The van der Waals surface area contributed by atoms with Crippen LogP contribution in [0.2, 0.25) is 0 Å². The third-order valence-corrected chi connectivity index (χ3v) is 7.59. The maximum absolute atomic E-state index is 14.2. The van der Waals surface area contributed by atoms with Crippen molar-refractivity contribution in [3.63, 3.8) is 0 Å². The first kappa shape index (κ1) is 19.3. The molecule has 0 saturated heterocycles. The SMILES string of the molecule is CC(C)c1ncc(CN2C(=O)C3(CC(N)=Nc4cc5c(cc43)OCO5)c3ccccc32)s1. The highest BCUT2D eigenvalue weighted by molar-refractivity contribution is 7.11. The highest BCUT2D eigenvalue weighted by atomic mass is 32.1. The number of fused-ring (bicyclic) bond motifs is 5. The number of amidine groups is 1. The molecule has 0 aliphatic carbocycles. The summed E-state index contributed by atoms with van der Waals surface area (Å²) >= 11 is 1.65. The number of hydrogen-bond acceptors (Lipinski definition) is 7. The molecule has 8 heteroatoms. The summed E-state index contributed by atoms with van der Waals surface area (Å²) in [6.07, 6.45) is 2.20. The van der Waals surface area contributed by atoms with Crippen LogP contribution < -0.4 is 20.1 Å². The fourth-order valence-electron chi connectivity index (χ4n) is 4.86. The Balaban J connectivity index is 1.51. The van der Waals surface area contributed by atoms with Crippen LogP contribution in [-0.4, -0.2) is 23.5 Å². The topological polar surface area (TPSA) is 90.0 Å². The number of anilines is 1. The van der Waals surface area contributed by atoms with Gasteiger partial charge in [0.15, 0.2) is 11.5 Å². The van der Waals surface area contributed by atoms with Crippen LogP contribution in [0, 0.1) is 0 Å². The van der Waals surface area contributed by atoms with Gasteiger partial charge in [0.25, 0.3) is 0 Å². The quantitative estimate of drug-likeness (QED) is 0.651. The summed E-state index contributed by atoms with van der Waals surface area (Å²) in [4.78, 5) is 26.2. The molecule has 0 saturated carbocycles. The molecule has 4 heterocycles. The average Bonchev–Trinajstić information content (AvgIpc) is 3.48. The molecular weight excluding hydrogens is 424 g/mol. The number of amides is 1. The smallest absolute Gasteiger partial charge is 0.243 e. The van der Waals surface area contributed by atoms with E-state index in [2.05, 4.69) is 23.8 Å². The number of carbonyl (C=O) groups excluding carboxylic acids is 1. The Hall–Kier alpha value is -3.39. The Bertz CT molecular complexity index is 1300. The van der Waals surface area contributed by atoms with E-state index in [0.29, 0.717) is 41.9 Å². The number of thiazole rings is 1. The summed E-state index contributed by atoms with van der Waals surface area (Å²) in [6, 6.07) is 11.7. The highest BCUT2D eigenvalue weighted by Gasteiger charge is 2.55. The number of aromatic nitrogens is 1. The molecule has 3 aliphatic rings. The fraction of sp³-hybridized carbons (Fsp3) is 0.292. The number of aliphatic imine (C=N–C) groups is 1. The van der Waals surface area contributed by atoms with E-state index in [1.165, 1.54) is 0 Å². The molecular formula is C24H22N4O3S. The number of ether oxygens (including phenoxy) is 2. The Morgan fingerprint density at radius 2 is 1.97 bits per heavy atom. The molecule has 0 fully saturated rings. The molecule has 1 unspecified atom stereocenters. The van der Waals surface area contributed by atoms with E-state index in [1.54, 1.807) is 11.3 Å². The van der Waals surface area contributed by atoms with Crippen molar-refractivity contribution in [1.82, 2.24) is 4.98 Å². The first-order chi connectivity index (χ1) is 15.5. The van der Waals surface area contributed by atoms with Gasteiger partial charge in [-0.15, -0.1) is 11.3 Å². The average molecular weight is 447 g/mol. The summed E-state index contributed by atoms with van der Waals surface area (Å²) in [5, 5.41) is 1.07. The van der Waals surface area contributed by atoms with Gasteiger partial charge in [0.1, 0.15) is 11.3 Å². The lowest BCUT2D eigenvalue weighted by Crippen LogP contribution is -2.45. The summed E-state index contributed by atoms with van der Waals surface area (Å²) in [7, 11) is 0. The van der Waals surface area contributed by atoms with E-state index in [4.69, 9.17) is 15.2 Å². The third-order valence-electron chi connectivity index (χ3n) is 6.31. The van der Waals surface area contributed by atoms with Gasteiger partial charge in [0, 0.05) is 40.7 Å². The van der Waals surface area contributed by atoms with Crippen LogP contribution in [0.25, 0.3) is 0 Å². The minimum atomic E-state index is -0.940. The van der Waals surface area contributed by atoms with Crippen LogP contribution in [0.15, 0.2) is 47.6 Å². The van der Waals surface area contributed by atoms with Crippen molar-refractivity contribution < 1.29 is 14.3 Å². The molecule has 3 aliphatic heterocycles. The van der Waals surface area contributed by atoms with Crippen molar-refractivity contribution in [2.45, 2.75) is 38.1 Å². The Morgan fingerprint density at radius 1 is 1.19 bits per heavy atom. The zero-order valence-electron chi connectivity index (χ0n) is 17.8. The number of nitrogens with zero attached hydrogens (tertiary/aromatic N) is 3. The lowest BCUT2D eigenvalue weighted by Gasteiger charge is -2.33. The summed E-state index contributed by atoms with van der Waals surface area (Å²) in [5.41, 5.74) is 8.67. The van der Waals surface area contributed by atoms with Crippen LogP contribution in [0.4, 0.5) is 11.4 Å². The minimum Gasteiger partial charge on any atom is -0.454 e. The molecule has 162 valence electrons. The van der Waals surface area contributed by atoms with Gasteiger partial charge in [-0.2, -0.15) is 0 Å². The van der Waals surface area contributed by atoms with Crippen molar-refractivity contribution in [2.75, 3.05) is 11.7 Å². The van der Waals surface area contributed by atoms with Crippen LogP contribution in [-0.2, 0) is 16.8 Å². The van der Waals surface area contributed by atoms with E-state index in [1.807, 2.05) is 47.5 Å². The molecule has 7 nitrogen and oxygen atoms in total. The van der Waals surface area contributed by atoms with E-state index in [0.717, 1.165) is 26.7 Å². The van der Waals surface area contributed by atoms with Crippen LogP contribution in [0.1, 0.15) is 47.2 Å². The molecule has 2 N–H and O–H groups in total. The third kappa shape index (κ3) is 2.62. The Morgan fingerprint density at radius 3 is 2.75 bits per heavy atom. The van der Waals surface area contributed by atoms with Crippen LogP contribution in [0.3, 0.4) is 0 Å². The van der Waals surface area contributed by atoms with E-state index in [-0.39, 0.29) is 12.7 Å². The van der Waals surface area contributed by atoms with Gasteiger partial charge in [0.05, 0.1) is 17.2 Å². The summed E-state index contributed by atoms with van der Waals surface area (Å²) in [5.74, 6) is 2.04. The summed E-state index contributed by atoms with van der Waals surface area (Å²) in [6.45, 7) is 4.88. The zero-order valence-corrected chi connectivity index (χ0v) is 18.6. The van der Waals surface area contributed by atoms with Crippen molar-refractivity contribution in [2.24, 2.45) is 10.7 Å². The van der Waals surface area contributed by atoms with Crippen LogP contribution in [0.5, 0.6) is 11.5 Å². The molecule has 0 radical (unpaired) electrons. The summed E-state index contributed by atoms with van der Waals surface area (Å²) < 4.78 is 11.2. The number of nitrogens with two attached hydrogens (primary N) is 1. The van der Waals surface area contributed by atoms with Gasteiger partial charge in [-0.05, 0) is 17.7 Å². The Labute approximate surface area is 189 Å². The first-order valence-corrected chi connectivity index (χ1v) is 11.4. The Kier molecular flexibility index (Phi) is 4.10. The molecule has 3 aromatic rings. The molecule has 32 heavy (non-hydrogen) atoms.